The van der Waals surface area contributed by atoms with E-state index in [1.165, 1.54) is 118 Å². The molecule has 12 unspecified atom stereocenters. The van der Waals surface area contributed by atoms with Crippen LogP contribution in [0.25, 0.3) is 0 Å². The van der Waals surface area contributed by atoms with Gasteiger partial charge in [0.2, 0.25) is 0 Å². The standard InChI is InChI=1S/C20H24.C8H12.11CH4/c1-2-6-5(1)9-10(6)14-13(9)17-18(14)20-16-12-8-4-3-7(8)11(12)15(16)19(17)20;1-2-6-5(1)7-3-4-8(6)7;;;;;;;;;;;/h5-20H,1-4H2;5-8H,1-4H2;11*1H4. The van der Waals surface area contributed by atoms with Crippen LogP contribution in [0.5, 0.6) is 0 Å². The average molecular weight is 549 g/mol. The van der Waals surface area contributed by atoms with Crippen molar-refractivity contribution in [2.75, 3.05) is 0 Å². The lowest BCUT2D eigenvalue weighted by Crippen LogP contribution is -2.91. The Labute approximate surface area is 251 Å². The lowest BCUT2D eigenvalue weighted by atomic mass is 9.09. The molecule has 0 heteroatoms. The topological polar surface area (TPSA) is 0 Å². The van der Waals surface area contributed by atoms with E-state index >= 15 is 0 Å². The molecule has 0 aromatic carbocycles. The molecule has 0 spiro atoms. The van der Waals surface area contributed by atoms with Crippen LogP contribution in [0.1, 0.15) is 133 Å². The summed E-state index contributed by atoms with van der Waals surface area (Å²) in [6.07, 6.45) is 12.9. The third-order valence-corrected chi connectivity index (χ3v) is 15.7. The number of hydrogen-bond donors (Lipinski definition) is 0. The molecule has 12 fully saturated rings. The summed E-state index contributed by atoms with van der Waals surface area (Å²) in [5.41, 5.74) is 0. The minimum absolute atomic E-state index is 0. The van der Waals surface area contributed by atoms with Gasteiger partial charge in [-0.1, -0.05) is 81.7 Å². The molecule has 12 atom stereocenters. The number of fused-ring (bicyclic) bond motifs is 26. The molecule has 12 saturated carbocycles. The number of hydrogen-bond acceptors (Lipinski definition) is 0. The molecule has 0 amide bonds. The Kier molecular flexibility index (Phi) is 11.3. The van der Waals surface area contributed by atoms with Gasteiger partial charge in [0.05, 0.1) is 0 Å². The van der Waals surface area contributed by atoms with Gasteiger partial charge in [0.15, 0.2) is 0 Å². The Morgan fingerprint density at radius 1 is 0.154 bits per heavy atom. The maximum atomic E-state index is 1.64. The molecule has 236 valence electrons. The summed E-state index contributed by atoms with van der Waals surface area (Å²) < 4.78 is 0. The second kappa shape index (κ2) is 11.3. The molecule has 39 heavy (non-hydrogen) atoms. The lowest BCUT2D eigenvalue weighted by molar-refractivity contribution is -0.482. The van der Waals surface area contributed by atoms with Crippen LogP contribution in [-0.2, 0) is 0 Å². The summed E-state index contributed by atoms with van der Waals surface area (Å²) in [7, 11) is 0. The molecule has 0 N–H and O–H groups in total. The van der Waals surface area contributed by atoms with Gasteiger partial charge in [-0.15, -0.1) is 0 Å². The van der Waals surface area contributed by atoms with E-state index in [1.54, 1.807) is 51.4 Å². The van der Waals surface area contributed by atoms with Crippen LogP contribution in [0, 0.1) is 118 Å². The fourth-order valence-electron chi connectivity index (χ4n) is 14.5. The highest BCUT2D eigenvalue weighted by atomic mass is 14.9. The van der Waals surface area contributed by atoms with Crippen molar-refractivity contribution in [1.29, 1.82) is 0 Å². The van der Waals surface area contributed by atoms with Crippen LogP contribution < -0.4 is 0 Å². The summed E-state index contributed by atoms with van der Waals surface area (Å²) >= 11 is 0. The zero-order chi connectivity index (χ0) is 17.2. The van der Waals surface area contributed by atoms with Crippen molar-refractivity contribution in [1.82, 2.24) is 0 Å². The van der Waals surface area contributed by atoms with Crippen molar-refractivity contribution in [3.05, 3.63) is 0 Å². The maximum Gasteiger partial charge on any atom is -0.0312 e. The molecule has 0 heterocycles. The minimum Gasteiger partial charge on any atom is -0.0776 e. The van der Waals surface area contributed by atoms with Crippen LogP contribution in [0.15, 0.2) is 0 Å². The highest BCUT2D eigenvalue weighted by Crippen LogP contribution is 2.94. The molecular weight excluding hydrogens is 468 g/mol. The van der Waals surface area contributed by atoms with Crippen molar-refractivity contribution in [3.8, 4) is 0 Å². The second-order valence-electron chi connectivity index (χ2n) is 14.5. The second-order valence-corrected chi connectivity index (χ2v) is 14.5. The largest absolute Gasteiger partial charge is 0.0776 e. The first-order valence-electron chi connectivity index (χ1n) is 13.9. The summed E-state index contributed by atoms with van der Waals surface area (Å²) in [6, 6.07) is 0. The monoisotopic (exact) mass is 549 g/mol. The molecule has 12 rings (SSSR count). The van der Waals surface area contributed by atoms with Gasteiger partial charge in [0.25, 0.3) is 0 Å². The van der Waals surface area contributed by atoms with E-state index in [2.05, 4.69) is 0 Å². The van der Waals surface area contributed by atoms with E-state index in [1.807, 2.05) is 0 Å². The van der Waals surface area contributed by atoms with E-state index in [-0.39, 0.29) is 81.7 Å². The molecule has 12 aliphatic carbocycles. The molecule has 0 nitrogen and oxygen atoms in total. The molecule has 0 aromatic rings. The predicted octanol–water partition coefficient (Wildman–Crippen LogP) is 12.6. The molecule has 0 aromatic heterocycles. The van der Waals surface area contributed by atoms with Gasteiger partial charge >= 0.3 is 0 Å². The lowest BCUT2D eigenvalue weighted by Gasteiger charge is -2.95. The van der Waals surface area contributed by atoms with Gasteiger partial charge in [-0.05, 0) is 170 Å². The van der Waals surface area contributed by atoms with Crippen LogP contribution in [0.2, 0.25) is 0 Å². The number of rotatable bonds is 0. The van der Waals surface area contributed by atoms with Crippen molar-refractivity contribution in [3.63, 3.8) is 0 Å². The van der Waals surface area contributed by atoms with Crippen molar-refractivity contribution in [2.24, 2.45) is 118 Å². The Morgan fingerprint density at radius 3 is 0.410 bits per heavy atom. The van der Waals surface area contributed by atoms with Crippen LogP contribution in [0.3, 0.4) is 0 Å². The first kappa shape index (κ1) is 39.0. The molecule has 12 aliphatic rings. The third kappa shape index (κ3) is 3.20. The molecule has 0 saturated heterocycles. The summed E-state index contributed by atoms with van der Waals surface area (Å²) in [4.78, 5) is 0. The Hall–Kier alpha value is 0. The van der Waals surface area contributed by atoms with E-state index < -0.39 is 0 Å². The van der Waals surface area contributed by atoms with E-state index in [9.17, 15) is 0 Å². The van der Waals surface area contributed by atoms with Crippen LogP contribution in [-0.4, -0.2) is 0 Å². The fourth-order valence-corrected chi connectivity index (χ4v) is 14.5. The fraction of sp³-hybridized carbons (Fsp3) is 1.00. The zero-order valence-corrected chi connectivity index (χ0v) is 17.2. The molecular formula is C39H80. The van der Waals surface area contributed by atoms with Gasteiger partial charge in [-0.3, -0.25) is 0 Å². The average Bonchev–Trinajstić information content (AvgIpc) is 2.60. The van der Waals surface area contributed by atoms with Gasteiger partial charge in [-0.25, -0.2) is 0 Å². The highest BCUT2D eigenvalue weighted by molar-refractivity contribution is 5.37. The van der Waals surface area contributed by atoms with Gasteiger partial charge in [0, 0.05) is 0 Å². The minimum atomic E-state index is 0. The molecule has 0 bridgehead atoms. The summed E-state index contributed by atoms with van der Waals surface area (Å²) in [5, 5.41) is 0. The quantitative estimate of drug-likeness (QED) is 0.264. The first-order valence-corrected chi connectivity index (χ1v) is 13.9. The normalized spacial score (nSPS) is 60.3. The van der Waals surface area contributed by atoms with Crippen molar-refractivity contribution in [2.45, 2.75) is 133 Å². The van der Waals surface area contributed by atoms with E-state index in [0.717, 1.165) is 0 Å². The van der Waals surface area contributed by atoms with Gasteiger partial charge in [-0.2, -0.15) is 0 Å². The smallest absolute Gasteiger partial charge is 0.0312 e. The van der Waals surface area contributed by atoms with Crippen LogP contribution in [0.4, 0.5) is 0 Å². The van der Waals surface area contributed by atoms with Crippen molar-refractivity contribution < 1.29 is 0 Å². The maximum absolute atomic E-state index is 1.64. The Morgan fingerprint density at radius 2 is 0.282 bits per heavy atom. The van der Waals surface area contributed by atoms with E-state index in [0.29, 0.717) is 0 Å². The Bertz CT molecular complexity index is 676. The van der Waals surface area contributed by atoms with Crippen LogP contribution >= 0.6 is 0 Å². The van der Waals surface area contributed by atoms with E-state index in [4.69, 9.17) is 0 Å². The molecule has 0 aliphatic heterocycles. The third-order valence-electron chi connectivity index (χ3n) is 15.7. The summed E-state index contributed by atoms with van der Waals surface area (Å²) in [6.45, 7) is 0. The Balaban J connectivity index is 0.000000683. The SMILES string of the molecule is C.C.C.C.C.C.C.C.C.C.C.C1CC2C1C1C2C2C1C1C2C2C3C4C5CCC5C4C3C12.C1CC2C1C1CCC21. The first-order chi connectivity index (χ1) is 13.9. The van der Waals surface area contributed by atoms with Gasteiger partial charge < -0.3 is 0 Å². The zero-order valence-electron chi connectivity index (χ0n) is 17.2. The van der Waals surface area contributed by atoms with Crippen molar-refractivity contribution >= 4 is 0 Å². The summed E-state index contributed by atoms with van der Waals surface area (Å²) in [5.74, 6) is 25.8. The molecule has 0 radical (unpaired) electrons. The predicted molar refractivity (Wildman–Crippen MR) is 181 cm³/mol. The van der Waals surface area contributed by atoms with Gasteiger partial charge in [0.1, 0.15) is 0 Å². The highest BCUT2D eigenvalue weighted by Gasteiger charge is 2.90.